The van der Waals surface area contributed by atoms with Gasteiger partial charge in [0.2, 0.25) is 5.95 Å². The molecule has 5 rings (SSSR count). The van der Waals surface area contributed by atoms with Gasteiger partial charge in [0.15, 0.2) is 5.11 Å². The number of piperidine rings is 1. The Bertz CT molecular complexity index is 879. The lowest BCUT2D eigenvalue weighted by Crippen LogP contribution is -2.35. The lowest BCUT2D eigenvalue weighted by Gasteiger charge is -2.32. The molecule has 0 radical (unpaired) electrons. The molecule has 2 N–H and O–H groups in total. The van der Waals surface area contributed by atoms with Crippen LogP contribution in [-0.2, 0) is 13.1 Å². The monoisotopic (exact) mass is 408 g/mol. The van der Waals surface area contributed by atoms with Crippen LogP contribution < -0.4 is 20.4 Å². The molecule has 2 aliphatic heterocycles. The van der Waals surface area contributed by atoms with E-state index in [1.807, 2.05) is 0 Å². The van der Waals surface area contributed by atoms with Gasteiger partial charge in [-0.05, 0) is 54.9 Å². The summed E-state index contributed by atoms with van der Waals surface area (Å²) >= 11 is 5.47. The highest BCUT2D eigenvalue weighted by Crippen LogP contribution is 2.31. The van der Waals surface area contributed by atoms with Crippen LogP contribution in [0.5, 0.6) is 0 Å². The molecular weight excluding hydrogens is 380 g/mol. The minimum Gasteiger partial charge on any atom is -0.360 e. The largest absolute Gasteiger partial charge is 0.360 e. The zero-order valence-corrected chi connectivity index (χ0v) is 17.7. The highest BCUT2D eigenvalue weighted by Gasteiger charge is 2.25. The number of anilines is 3. The molecule has 0 atom stereocenters. The topological polar surface area (TPSA) is 56.3 Å². The lowest BCUT2D eigenvalue weighted by atomic mass is 9.99. The van der Waals surface area contributed by atoms with Gasteiger partial charge >= 0.3 is 0 Å². The van der Waals surface area contributed by atoms with Gasteiger partial charge < -0.3 is 20.4 Å². The molecule has 152 valence electrons. The van der Waals surface area contributed by atoms with Crippen molar-refractivity contribution in [2.24, 2.45) is 5.92 Å². The van der Waals surface area contributed by atoms with Gasteiger partial charge in [0.25, 0.3) is 0 Å². The summed E-state index contributed by atoms with van der Waals surface area (Å²) in [6, 6.07) is 11.3. The second-order valence-electron chi connectivity index (χ2n) is 8.58. The van der Waals surface area contributed by atoms with Crippen LogP contribution in [0.3, 0.4) is 0 Å². The maximum atomic E-state index is 5.47. The number of benzene rings is 1. The Morgan fingerprint density at radius 3 is 2.21 bits per heavy atom. The van der Waals surface area contributed by atoms with E-state index in [9.17, 15) is 0 Å². The Kier molecular flexibility index (Phi) is 4.99. The van der Waals surface area contributed by atoms with Gasteiger partial charge in [0.1, 0.15) is 11.6 Å². The number of nitrogens with one attached hydrogen (secondary N) is 2. The highest BCUT2D eigenvalue weighted by molar-refractivity contribution is 7.80. The third kappa shape index (κ3) is 4.29. The molecular formula is C22H28N6S. The van der Waals surface area contributed by atoms with Gasteiger partial charge in [-0.25, -0.2) is 0 Å². The van der Waals surface area contributed by atoms with Gasteiger partial charge in [0.05, 0.1) is 0 Å². The second-order valence-corrected chi connectivity index (χ2v) is 8.98. The quantitative estimate of drug-likeness (QED) is 0.749. The summed E-state index contributed by atoms with van der Waals surface area (Å²) in [6.07, 6.45) is 4.79. The van der Waals surface area contributed by atoms with E-state index in [-0.39, 0.29) is 0 Å². The Morgan fingerprint density at radius 2 is 1.59 bits per heavy atom. The molecule has 1 saturated carbocycles. The van der Waals surface area contributed by atoms with Crippen LogP contribution in [0.25, 0.3) is 0 Å². The van der Waals surface area contributed by atoms with Crippen molar-refractivity contribution < 1.29 is 0 Å². The molecule has 0 unspecified atom stereocenters. The van der Waals surface area contributed by atoms with E-state index < -0.39 is 0 Å². The summed E-state index contributed by atoms with van der Waals surface area (Å²) in [6.45, 7) is 6.19. The number of thiocarbonyl (C=S) groups is 1. The zero-order valence-electron chi connectivity index (χ0n) is 16.9. The molecule has 2 fully saturated rings. The Hall–Kier alpha value is -2.41. The first-order chi connectivity index (χ1) is 14.1. The number of rotatable bonds is 4. The summed E-state index contributed by atoms with van der Waals surface area (Å²) in [5.41, 5.74) is 2.75. The third-order valence-corrected chi connectivity index (χ3v) is 6.33. The van der Waals surface area contributed by atoms with Crippen molar-refractivity contribution in [2.45, 2.75) is 51.7 Å². The average Bonchev–Trinajstić information content (AvgIpc) is 3.42. The van der Waals surface area contributed by atoms with Gasteiger partial charge in [-0.2, -0.15) is 9.97 Å². The van der Waals surface area contributed by atoms with E-state index in [0.717, 1.165) is 43.7 Å². The summed E-state index contributed by atoms with van der Waals surface area (Å²) in [5, 5.41) is 7.17. The molecule has 0 bridgehead atoms. The van der Waals surface area contributed by atoms with Crippen LogP contribution in [0.1, 0.15) is 43.7 Å². The van der Waals surface area contributed by atoms with Crippen molar-refractivity contribution in [3.05, 3.63) is 41.5 Å². The molecule has 29 heavy (non-hydrogen) atoms. The van der Waals surface area contributed by atoms with E-state index in [1.165, 1.54) is 36.8 Å². The number of aromatic nitrogens is 2. The zero-order chi connectivity index (χ0) is 19.8. The predicted molar refractivity (Wildman–Crippen MR) is 121 cm³/mol. The second kappa shape index (κ2) is 7.78. The minimum atomic E-state index is 0.509. The number of hydrogen-bond donors (Lipinski definition) is 2. The van der Waals surface area contributed by atoms with Crippen LogP contribution >= 0.6 is 12.2 Å². The molecule has 3 heterocycles. The van der Waals surface area contributed by atoms with Crippen molar-refractivity contribution in [2.75, 3.05) is 28.2 Å². The summed E-state index contributed by atoms with van der Waals surface area (Å²) in [5.74, 6) is 3.33. The molecule has 0 spiro atoms. The Balaban J connectivity index is 1.41. The van der Waals surface area contributed by atoms with Gasteiger partial charge in [-0.3, -0.25) is 0 Å². The van der Waals surface area contributed by atoms with Crippen molar-refractivity contribution in [3.8, 4) is 0 Å². The molecule has 1 aliphatic carbocycles. The van der Waals surface area contributed by atoms with E-state index in [1.54, 1.807) is 0 Å². The molecule has 7 heteroatoms. The Morgan fingerprint density at radius 1 is 0.966 bits per heavy atom. The first-order valence-corrected chi connectivity index (χ1v) is 11.1. The third-order valence-electron chi connectivity index (χ3n) is 6.11. The lowest BCUT2D eigenvalue weighted by molar-refractivity contribution is 0.436. The Labute approximate surface area is 177 Å². The summed E-state index contributed by atoms with van der Waals surface area (Å²) in [7, 11) is 0. The standard InChI is InChI=1S/C22H28N6S/c1-15-8-10-27(11-9-15)19-12-20(28-13-16-4-2-3-5-17(16)14-28)25-21(24-19)26-22(29)23-18-6-7-18/h2-5,12,15,18H,6-11,13-14H2,1H3,(H2,23,24,25,26,29). The molecule has 6 nitrogen and oxygen atoms in total. The number of hydrogen-bond acceptors (Lipinski definition) is 5. The van der Waals surface area contributed by atoms with E-state index in [2.05, 4.69) is 57.7 Å². The predicted octanol–water partition coefficient (Wildman–Crippen LogP) is 3.68. The van der Waals surface area contributed by atoms with Crippen LogP contribution in [-0.4, -0.2) is 34.2 Å². The van der Waals surface area contributed by atoms with Crippen molar-refractivity contribution >= 4 is 34.9 Å². The van der Waals surface area contributed by atoms with Gasteiger partial charge in [-0.15, -0.1) is 0 Å². The van der Waals surface area contributed by atoms with Crippen molar-refractivity contribution in [3.63, 3.8) is 0 Å². The number of nitrogens with zero attached hydrogens (tertiary/aromatic N) is 4. The first-order valence-electron chi connectivity index (χ1n) is 10.7. The first kappa shape index (κ1) is 18.6. The fourth-order valence-corrected chi connectivity index (χ4v) is 4.34. The van der Waals surface area contributed by atoms with E-state index in [0.29, 0.717) is 17.1 Å². The smallest absolute Gasteiger partial charge is 0.232 e. The fourth-order valence-electron chi connectivity index (χ4n) is 4.09. The van der Waals surface area contributed by atoms with Crippen molar-refractivity contribution in [1.29, 1.82) is 0 Å². The molecule has 0 amide bonds. The van der Waals surface area contributed by atoms with Gasteiger partial charge in [0, 0.05) is 38.3 Å². The summed E-state index contributed by atoms with van der Waals surface area (Å²) in [4.78, 5) is 14.4. The minimum absolute atomic E-state index is 0.509. The van der Waals surface area contributed by atoms with E-state index in [4.69, 9.17) is 22.2 Å². The SMILES string of the molecule is CC1CCN(c2cc(N3Cc4ccccc4C3)nc(NC(=S)NC3CC3)n2)CC1. The molecule has 1 saturated heterocycles. The van der Waals surface area contributed by atoms with Crippen LogP contribution in [0.4, 0.5) is 17.6 Å². The molecule has 2 aromatic rings. The van der Waals surface area contributed by atoms with Crippen LogP contribution in [0, 0.1) is 5.92 Å². The van der Waals surface area contributed by atoms with Crippen molar-refractivity contribution in [1.82, 2.24) is 15.3 Å². The average molecular weight is 409 g/mol. The normalized spacial score (nSPS) is 19.2. The fraction of sp³-hybridized carbons (Fsp3) is 0.500. The molecule has 1 aromatic carbocycles. The van der Waals surface area contributed by atoms with Crippen LogP contribution in [0.2, 0.25) is 0 Å². The molecule has 3 aliphatic rings. The van der Waals surface area contributed by atoms with Crippen LogP contribution in [0.15, 0.2) is 30.3 Å². The number of fused-ring (bicyclic) bond motifs is 1. The van der Waals surface area contributed by atoms with E-state index >= 15 is 0 Å². The summed E-state index contributed by atoms with van der Waals surface area (Å²) < 4.78 is 0. The molecule has 1 aromatic heterocycles. The highest BCUT2D eigenvalue weighted by atomic mass is 32.1. The van der Waals surface area contributed by atoms with Gasteiger partial charge in [-0.1, -0.05) is 31.2 Å². The maximum absolute atomic E-state index is 5.47. The maximum Gasteiger partial charge on any atom is 0.232 e.